The summed E-state index contributed by atoms with van der Waals surface area (Å²) in [6, 6.07) is 8.04. The average molecular weight is 434 g/mol. The molecule has 1 amide bonds. The van der Waals surface area contributed by atoms with Crippen LogP contribution in [0.4, 0.5) is 5.69 Å². The molecule has 1 spiro atoms. The van der Waals surface area contributed by atoms with E-state index in [0.717, 1.165) is 57.2 Å². The summed E-state index contributed by atoms with van der Waals surface area (Å²) in [5.74, 6) is 1.51. The summed E-state index contributed by atoms with van der Waals surface area (Å²) in [5, 5.41) is 8.23. The Morgan fingerprint density at radius 3 is 2.90 bits per heavy atom. The van der Waals surface area contributed by atoms with Gasteiger partial charge >= 0.3 is 0 Å². The zero-order chi connectivity index (χ0) is 20.4. The summed E-state index contributed by atoms with van der Waals surface area (Å²) in [5.41, 5.74) is 0.941. The van der Waals surface area contributed by atoms with E-state index in [1.54, 1.807) is 0 Å². The van der Waals surface area contributed by atoms with Gasteiger partial charge in [0.05, 0.1) is 10.7 Å². The van der Waals surface area contributed by atoms with E-state index < -0.39 is 0 Å². The Hall–Kier alpha value is -1.33. The lowest BCUT2D eigenvalue weighted by atomic mass is 9.61. The lowest BCUT2D eigenvalue weighted by molar-refractivity contribution is -0.138. The zero-order valence-corrected chi connectivity index (χ0v) is 18.8. The molecule has 0 radical (unpaired) electrons. The number of halogens is 1. The van der Waals surface area contributed by atoms with E-state index in [2.05, 4.69) is 22.5 Å². The summed E-state index contributed by atoms with van der Waals surface area (Å²) < 4.78 is 0. The van der Waals surface area contributed by atoms with Crippen molar-refractivity contribution in [1.82, 2.24) is 10.2 Å². The first-order chi connectivity index (χ1) is 14.0. The number of carbonyl (C=O) groups excluding carboxylic acids is 1. The van der Waals surface area contributed by atoms with Gasteiger partial charge in [-0.1, -0.05) is 37.1 Å². The molecule has 4 nitrogen and oxygen atoms in total. The Balaban J connectivity index is 1.52. The van der Waals surface area contributed by atoms with Crippen molar-refractivity contribution in [2.45, 2.75) is 76.3 Å². The van der Waals surface area contributed by atoms with Gasteiger partial charge in [0.15, 0.2) is 5.11 Å². The minimum absolute atomic E-state index is 0.101. The smallest absolute Gasteiger partial charge is 0.223 e. The largest absolute Gasteiger partial charge is 0.359 e. The van der Waals surface area contributed by atoms with E-state index in [-0.39, 0.29) is 5.54 Å². The van der Waals surface area contributed by atoms with Crippen molar-refractivity contribution in [3.05, 3.63) is 29.3 Å². The Labute approximate surface area is 184 Å². The number of nitrogens with zero attached hydrogens (tertiary/aromatic N) is 1. The van der Waals surface area contributed by atoms with E-state index in [1.165, 1.54) is 12.8 Å². The molecule has 4 atom stereocenters. The first-order valence-corrected chi connectivity index (χ1v) is 12.0. The van der Waals surface area contributed by atoms with Gasteiger partial charge in [-0.2, -0.15) is 0 Å². The number of anilines is 1. The van der Waals surface area contributed by atoms with Crippen molar-refractivity contribution in [1.29, 1.82) is 0 Å². The summed E-state index contributed by atoms with van der Waals surface area (Å²) in [4.78, 5) is 15.1. The van der Waals surface area contributed by atoms with Gasteiger partial charge in [0.25, 0.3) is 0 Å². The molecule has 4 rings (SSSR count). The Morgan fingerprint density at radius 2 is 2.10 bits per heavy atom. The molecule has 3 aliphatic rings. The number of amides is 1. The van der Waals surface area contributed by atoms with Crippen molar-refractivity contribution in [2.75, 3.05) is 11.9 Å². The number of thiocarbonyl (C=S) groups is 1. The minimum Gasteiger partial charge on any atom is -0.359 e. The summed E-state index contributed by atoms with van der Waals surface area (Å²) >= 11 is 11.9. The molecule has 2 N–H and O–H groups in total. The van der Waals surface area contributed by atoms with Crippen LogP contribution in [0.5, 0.6) is 0 Å². The third-order valence-corrected chi connectivity index (χ3v) is 7.96. The lowest BCUT2D eigenvalue weighted by Crippen LogP contribution is -2.60. The van der Waals surface area contributed by atoms with E-state index in [1.807, 2.05) is 24.3 Å². The number of hydrogen-bond acceptors (Lipinski definition) is 2. The van der Waals surface area contributed by atoms with Crippen molar-refractivity contribution in [3.8, 4) is 0 Å². The van der Waals surface area contributed by atoms with Crippen LogP contribution in [0.3, 0.4) is 0 Å². The highest BCUT2D eigenvalue weighted by atomic mass is 35.5. The number of hydrogen-bond donors (Lipinski definition) is 2. The predicted octanol–water partition coefficient (Wildman–Crippen LogP) is 5.37. The Morgan fingerprint density at radius 1 is 1.28 bits per heavy atom. The van der Waals surface area contributed by atoms with Gasteiger partial charge < -0.3 is 15.5 Å². The maximum absolute atomic E-state index is 12.8. The SMILES string of the molecule is CCC[C@H]1[C@@H](NC(=S)Nc2ccccc2Cl)CC[C@@]23CCCN2C(=O)CCC[C@@H]13. The molecule has 6 heteroatoms. The summed E-state index contributed by atoms with van der Waals surface area (Å²) in [7, 11) is 0. The van der Waals surface area contributed by atoms with Gasteiger partial charge in [0.1, 0.15) is 0 Å². The standard InChI is InChI=1S/C23H32ClN3OS/c1-2-7-16-17-8-5-11-21(28)27-15-6-13-23(17,27)14-12-19(16)25-22(29)26-20-10-4-3-9-18(20)24/h3-4,9-10,16-17,19H,2,5-8,11-15H2,1H3,(H2,25,26,29)/t16-,17+,19+,23-/m1/s1. The third kappa shape index (κ3) is 4.00. The first-order valence-electron chi connectivity index (χ1n) is 11.2. The van der Waals surface area contributed by atoms with Gasteiger partial charge in [-0.15, -0.1) is 0 Å². The maximum Gasteiger partial charge on any atom is 0.223 e. The molecule has 1 aromatic carbocycles. The zero-order valence-electron chi connectivity index (χ0n) is 17.3. The van der Waals surface area contributed by atoms with Gasteiger partial charge in [0, 0.05) is 24.5 Å². The number of para-hydroxylation sites is 1. The lowest BCUT2D eigenvalue weighted by Gasteiger charge is -2.53. The molecule has 2 heterocycles. The monoisotopic (exact) mass is 433 g/mol. The molecule has 1 saturated carbocycles. The summed E-state index contributed by atoms with van der Waals surface area (Å²) in [6.45, 7) is 3.23. The van der Waals surface area contributed by atoms with Crippen LogP contribution < -0.4 is 10.6 Å². The minimum atomic E-state index is 0.101. The fourth-order valence-electron chi connectivity index (χ4n) is 6.30. The molecule has 3 fully saturated rings. The quantitative estimate of drug-likeness (QED) is 0.627. The van der Waals surface area contributed by atoms with Crippen LogP contribution in [0.15, 0.2) is 24.3 Å². The van der Waals surface area contributed by atoms with Crippen LogP contribution >= 0.6 is 23.8 Å². The van der Waals surface area contributed by atoms with Crippen LogP contribution in [0.25, 0.3) is 0 Å². The van der Waals surface area contributed by atoms with Crippen molar-refractivity contribution < 1.29 is 4.79 Å². The second-order valence-corrected chi connectivity index (χ2v) is 9.74. The second-order valence-electron chi connectivity index (χ2n) is 8.93. The molecule has 158 valence electrons. The number of carbonyl (C=O) groups is 1. The predicted molar refractivity (Wildman–Crippen MR) is 123 cm³/mol. The van der Waals surface area contributed by atoms with Crippen LogP contribution in [-0.4, -0.2) is 34.0 Å². The Bertz CT molecular complexity index is 772. The molecular formula is C23H32ClN3OS. The van der Waals surface area contributed by atoms with E-state index in [4.69, 9.17) is 23.8 Å². The van der Waals surface area contributed by atoms with Crippen LogP contribution in [0, 0.1) is 11.8 Å². The van der Waals surface area contributed by atoms with Crippen LogP contribution in [0.1, 0.15) is 64.7 Å². The van der Waals surface area contributed by atoms with Crippen molar-refractivity contribution >= 4 is 40.5 Å². The third-order valence-electron chi connectivity index (χ3n) is 7.41. The second kappa shape index (κ2) is 8.81. The highest BCUT2D eigenvalue weighted by Gasteiger charge is 2.55. The molecule has 1 aromatic rings. The fraction of sp³-hybridized carbons (Fsp3) is 0.652. The van der Waals surface area contributed by atoms with Crippen LogP contribution in [-0.2, 0) is 4.79 Å². The van der Waals surface area contributed by atoms with Crippen LogP contribution in [0.2, 0.25) is 5.02 Å². The highest BCUT2D eigenvalue weighted by molar-refractivity contribution is 7.80. The Kier molecular flexibility index (Phi) is 6.35. The van der Waals surface area contributed by atoms with E-state index in [0.29, 0.717) is 33.9 Å². The fourth-order valence-corrected chi connectivity index (χ4v) is 6.74. The number of nitrogens with one attached hydrogen (secondary N) is 2. The highest BCUT2D eigenvalue weighted by Crippen LogP contribution is 2.52. The van der Waals surface area contributed by atoms with E-state index in [9.17, 15) is 4.79 Å². The van der Waals surface area contributed by atoms with Crippen molar-refractivity contribution in [3.63, 3.8) is 0 Å². The molecule has 29 heavy (non-hydrogen) atoms. The molecule has 2 aliphatic heterocycles. The van der Waals surface area contributed by atoms with Crippen molar-refractivity contribution in [2.24, 2.45) is 11.8 Å². The molecule has 1 aliphatic carbocycles. The van der Waals surface area contributed by atoms with Gasteiger partial charge in [-0.05, 0) is 81.1 Å². The normalized spacial score (nSPS) is 31.6. The van der Waals surface area contributed by atoms with Gasteiger partial charge in [-0.3, -0.25) is 4.79 Å². The molecule has 0 unspecified atom stereocenters. The maximum atomic E-state index is 12.8. The summed E-state index contributed by atoms with van der Waals surface area (Å²) in [6.07, 6.45) is 9.75. The molecule has 2 saturated heterocycles. The molecule has 0 aromatic heterocycles. The first kappa shape index (κ1) is 20.9. The number of rotatable bonds is 4. The molecule has 0 bridgehead atoms. The topological polar surface area (TPSA) is 44.4 Å². The molecular weight excluding hydrogens is 402 g/mol. The van der Waals surface area contributed by atoms with Gasteiger partial charge in [-0.25, -0.2) is 0 Å². The average Bonchev–Trinajstić information content (AvgIpc) is 3.07. The van der Waals surface area contributed by atoms with E-state index >= 15 is 0 Å². The van der Waals surface area contributed by atoms with Gasteiger partial charge in [0.2, 0.25) is 5.91 Å². The number of benzene rings is 1.